The minimum atomic E-state index is -0.468. The maximum absolute atomic E-state index is 10.7. The molecule has 1 aromatic carbocycles. The summed E-state index contributed by atoms with van der Waals surface area (Å²) in [7, 11) is 0. The number of aromatic nitrogens is 1. The number of hydrogen-bond donors (Lipinski definition) is 1. The largest absolute Gasteiger partial charge is 0.397 e. The summed E-state index contributed by atoms with van der Waals surface area (Å²) in [5.41, 5.74) is 8.57. The lowest BCUT2D eigenvalue weighted by molar-refractivity contribution is -0.384. The Hall–Kier alpha value is -3.20. The van der Waals surface area contributed by atoms with Crippen LogP contribution < -0.4 is 5.73 Å². The van der Waals surface area contributed by atoms with Gasteiger partial charge in [-0.2, -0.15) is 5.26 Å². The molecule has 6 nitrogen and oxygen atoms in total. The van der Waals surface area contributed by atoms with Crippen molar-refractivity contribution in [1.82, 2.24) is 4.98 Å². The van der Waals surface area contributed by atoms with E-state index in [-0.39, 0.29) is 11.4 Å². The molecule has 0 amide bonds. The van der Waals surface area contributed by atoms with Gasteiger partial charge in [0.25, 0.3) is 5.69 Å². The predicted octanol–water partition coefficient (Wildman–Crippen LogP) is 2.65. The molecule has 0 aliphatic carbocycles. The number of nitro groups is 1. The summed E-state index contributed by atoms with van der Waals surface area (Å²) in [6.07, 6.45) is 3.14. The van der Waals surface area contributed by atoms with Crippen molar-refractivity contribution < 1.29 is 4.92 Å². The normalized spacial score (nSPS) is 11.4. The SMILES string of the molecule is Cc1cc([N+](=O)[O-])ccc1/C(N)=C(/C#N)c1ccncc1. The molecule has 0 fully saturated rings. The Morgan fingerprint density at radius 1 is 1.33 bits per heavy atom. The average molecular weight is 280 g/mol. The van der Waals surface area contributed by atoms with Crippen LogP contribution in [-0.4, -0.2) is 9.91 Å². The number of nitrogens with zero attached hydrogens (tertiary/aromatic N) is 3. The van der Waals surface area contributed by atoms with Crippen LogP contribution in [0.25, 0.3) is 11.3 Å². The van der Waals surface area contributed by atoms with Crippen LogP contribution >= 0.6 is 0 Å². The zero-order valence-electron chi connectivity index (χ0n) is 11.3. The molecule has 104 valence electrons. The van der Waals surface area contributed by atoms with Crippen molar-refractivity contribution in [2.75, 3.05) is 0 Å². The van der Waals surface area contributed by atoms with Crippen molar-refractivity contribution in [2.24, 2.45) is 5.73 Å². The van der Waals surface area contributed by atoms with Crippen molar-refractivity contribution in [3.63, 3.8) is 0 Å². The monoisotopic (exact) mass is 280 g/mol. The lowest BCUT2D eigenvalue weighted by Gasteiger charge is -2.09. The van der Waals surface area contributed by atoms with Gasteiger partial charge >= 0.3 is 0 Å². The molecule has 0 radical (unpaired) electrons. The molecule has 21 heavy (non-hydrogen) atoms. The predicted molar refractivity (Wildman–Crippen MR) is 78.7 cm³/mol. The quantitative estimate of drug-likeness (QED) is 0.528. The molecule has 0 atom stereocenters. The number of nitriles is 1. The Morgan fingerprint density at radius 2 is 2.00 bits per heavy atom. The van der Waals surface area contributed by atoms with Gasteiger partial charge in [-0.15, -0.1) is 0 Å². The van der Waals surface area contributed by atoms with Crippen LogP contribution in [0, 0.1) is 28.4 Å². The van der Waals surface area contributed by atoms with E-state index in [1.807, 2.05) is 0 Å². The summed E-state index contributed by atoms with van der Waals surface area (Å²) < 4.78 is 0. The van der Waals surface area contributed by atoms with E-state index in [0.29, 0.717) is 22.3 Å². The maximum atomic E-state index is 10.7. The topological polar surface area (TPSA) is 106 Å². The highest BCUT2D eigenvalue weighted by Crippen LogP contribution is 2.26. The van der Waals surface area contributed by atoms with Crippen LogP contribution in [0.3, 0.4) is 0 Å². The van der Waals surface area contributed by atoms with Crippen LogP contribution in [0.15, 0.2) is 42.7 Å². The first-order valence-corrected chi connectivity index (χ1v) is 6.10. The minimum Gasteiger partial charge on any atom is -0.397 e. The van der Waals surface area contributed by atoms with Crippen LogP contribution in [-0.2, 0) is 0 Å². The van der Waals surface area contributed by atoms with Gasteiger partial charge in [-0.3, -0.25) is 15.1 Å². The van der Waals surface area contributed by atoms with Gasteiger partial charge in [-0.05, 0) is 36.2 Å². The smallest absolute Gasteiger partial charge is 0.269 e. The van der Waals surface area contributed by atoms with Gasteiger partial charge in [0.05, 0.1) is 16.2 Å². The van der Waals surface area contributed by atoms with Crippen molar-refractivity contribution >= 4 is 17.0 Å². The fourth-order valence-corrected chi connectivity index (χ4v) is 2.00. The molecule has 6 heteroatoms. The summed E-state index contributed by atoms with van der Waals surface area (Å²) in [5.74, 6) is 0. The third-order valence-corrected chi connectivity index (χ3v) is 3.06. The number of aryl methyl sites for hydroxylation is 1. The van der Waals surface area contributed by atoms with E-state index < -0.39 is 4.92 Å². The summed E-state index contributed by atoms with van der Waals surface area (Å²) in [5, 5.41) is 20.1. The number of non-ortho nitro benzene ring substituents is 1. The molecule has 0 spiro atoms. The van der Waals surface area contributed by atoms with Crippen molar-refractivity contribution in [1.29, 1.82) is 5.26 Å². The van der Waals surface area contributed by atoms with E-state index >= 15 is 0 Å². The number of pyridine rings is 1. The molecule has 1 heterocycles. The molecular formula is C15H12N4O2. The molecule has 0 aliphatic heterocycles. The molecule has 2 aromatic rings. The maximum Gasteiger partial charge on any atom is 0.269 e. The van der Waals surface area contributed by atoms with Crippen LogP contribution in [0.4, 0.5) is 5.69 Å². The van der Waals surface area contributed by atoms with Crippen molar-refractivity contribution in [3.05, 3.63) is 69.5 Å². The Labute approximate surface area is 121 Å². The molecule has 0 saturated heterocycles. The fourth-order valence-electron chi connectivity index (χ4n) is 2.00. The molecule has 2 rings (SSSR count). The van der Waals surface area contributed by atoms with Crippen LogP contribution in [0.1, 0.15) is 16.7 Å². The van der Waals surface area contributed by atoms with E-state index in [4.69, 9.17) is 5.73 Å². The summed E-state index contributed by atoms with van der Waals surface area (Å²) in [6.45, 7) is 1.72. The minimum absolute atomic E-state index is 0.00790. The van der Waals surface area contributed by atoms with Crippen molar-refractivity contribution in [2.45, 2.75) is 6.92 Å². The second-order valence-corrected chi connectivity index (χ2v) is 4.39. The first-order chi connectivity index (χ1) is 10.0. The zero-order valence-corrected chi connectivity index (χ0v) is 11.3. The van der Waals surface area contributed by atoms with Crippen molar-refractivity contribution in [3.8, 4) is 6.07 Å². The Balaban J connectivity index is 2.57. The lowest BCUT2D eigenvalue weighted by Crippen LogP contribution is -2.03. The van der Waals surface area contributed by atoms with Gasteiger partial charge in [0.15, 0.2) is 0 Å². The van der Waals surface area contributed by atoms with E-state index in [1.54, 1.807) is 37.5 Å². The van der Waals surface area contributed by atoms with Gasteiger partial charge in [0.2, 0.25) is 0 Å². The van der Waals surface area contributed by atoms with Gasteiger partial charge in [0, 0.05) is 30.1 Å². The van der Waals surface area contributed by atoms with E-state index in [1.165, 1.54) is 12.1 Å². The van der Waals surface area contributed by atoms with E-state index in [0.717, 1.165) is 0 Å². The second-order valence-electron chi connectivity index (χ2n) is 4.39. The number of nitro benzene ring substituents is 1. The molecule has 0 unspecified atom stereocenters. The number of nitrogens with two attached hydrogens (primary N) is 1. The van der Waals surface area contributed by atoms with Crippen LogP contribution in [0.2, 0.25) is 0 Å². The first kappa shape index (κ1) is 14.2. The molecule has 0 saturated carbocycles. The van der Waals surface area contributed by atoms with Gasteiger partial charge < -0.3 is 5.73 Å². The highest BCUT2D eigenvalue weighted by atomic mass is 16.6. The zero-order chi connectivity index (χ0) is 15.4. The second kappa shape index (κ2) is 5.84. The number of allylic oxidation sites excluding steroid dienone is 1. The molecule has 0 bridgehead atoms. The van der Waals surface area contributed by atoms with E-state index in [2.05, 4.69) is 11.1 Å². The number of hydrogen-bond acceptors (Lipinski definition) is 5. The highest BCUT2D eigenvalue weighted by molar-refractivity contribution is 5.96. The summed E-state index contributed by atoms with van der Waals surface area (Å²) >= 11 is 0. The third kappa shape index (κ3) is 2.87. The highest BCUT2D eigenvalue weighted by Gasteiger charge is 2.13. The molecule has 2 N–H and O–H groups in total. The molecule has 1 aromatic heterocycles. The van der Waals surface area contributed by atoms with E-state index in [9.17, 15) is 15.4 Å². The Bertz CT molecular complexity index is 761. The molecular weight excluding hydrogens is 268 g/mol. The summed E-state index contributed by atoms with van der Waals surface area (Å²) in [6, 6.07) is 9.81. The standard InChI is InChI=1S/C15H12N4O2/c1-10-8-12(19(20)21)2-3-13(10)15(17)14(9-16)11-4-6-18-7-5-11/h2-8H,17H2,1H3/b15-14+. The fraction of sp³-hybridized carbons (Fsp3) is 0.0667. The van der Waals surface area contributed by atoms with Gasteiger partial charge in [-0.1, -0.05) is 0 Å². The van der Waals surface area contributed by atoms with Gasteiger partial charge in [0.1, 0.15) is 6.07 Å². The molecule has 0 aliphatic rings. The lowest BCUT2D eigenvalue weighted by atomic mass is 9.98. The first-order valence-electron chi connectivity index (χ1n) is 6.10. The number of rotatable bonds is 3. The average Bonchev–Trinajstić information content (AvgIpc) is 2.48. The summed E-state index contributed by atoms with van der Waals surface area (Å²) in [4.78, 5) is 14.2. The Morgan fingerprint density at radius 3 is 2.52 bits per heavy atom. The Kier molecular flexibility index (Phi) is 3.95. The van der Waals surface area contributed by atoms with Crippen LogP contribution in [0.5, 0.6) is 0 Å². The third-order valence-electron chi connectivity index (χ3n) is 3.06. The van der Waals surface area contributed by atoms with Gasteiger partial charge in [-0.25, -0.2) is 0 Å². The number of benzene rings is 1.